The summed E-state index contributed by atoms with van der Waals surface area (Å²) in [4.78, 5) is 28.5. The minimum absolute atomic E-state index is 0.0160. The number of halogens is 3. The van der Waals surface area contributed by atoms with Gasteiger partial charge in [-0.2, -0.15) is 15.2 Å². The van der Waals surface area contributed by atoms with Gasteiger partial charge in [-0.1, -0.05) is 31.2 Å². The molecule has 48 heavy (non-hydrogen) atoms. The molecule has 250 valence electrons. The van der Waals surface area contributed by atoms with Crippen molar-refractivity contribution in [2.45, 2.75) is 63.1 Å². The van der Waals surface area contributed by atoms with Crippen LogP contribution in [0.2, 0.25) is 5.02 Å². The molecule has 3 fully saturated rings. The van der Waals surface area contributed by atoms with Crippen LogP contribution in [0.3, 0.4) is 0 Å². The fourth-order valence-electron chi connectivity index (χ4n) is 8.24. The number of nitriles is 1. The zero-order valence-electron chi connectivity index (χ0n) is 26.9. The molecule has 4 aromatic rings. The molecule has 2 aromatic carbocycles. The van der Waals surface area contributed by atoms with Crippen LogP contribution in [0.1, 0.15) is 51.0 Å². The first-order valence-electron chi connectivity index (χ1n) is 16.3. The van der Waals surface area contributed by atoms with Crippen LogP contribution in [0.5, 0.6) is 6.01 Å². The van der Waals surface area contributed by atoms with Crippen molar-refractivity contribution in [3.05, 3.63) is 53.1 Å². The van der Waals surface area contributed by atoms with E-state index in [0.29, 0.717) is 37.2 Å². The van der Waals surface area contributed by atoms with Gasteiger partial charge in [-0.05, 0) is 75.4 Å². The minimum Gasteiger partial charge on any atom is -0.461 e. The molecule has 2 atom stereocenters. The molecule has 0 aliphatic carbocycles. The third kappa shape index (κ3) is 5.06. The highest BCUT2D eigenvalue weighted by Crippen LogP contribution is 2.46. The van der Waals surface area contributed by atoms with E-state index in [9.17, 15) is 14.4 Å². The smallest absolute Gasteiger partial charge is 0.319 e. The van der Waals surface area contributed by atoms with E-state index in [1.54, 1.807) is 6.07 Å². The summed E-state index contributed by atoms with van der Waals surface area (Å²) in [6.07, 6.45) is 6.91. The molecule has 13 heteroatoms. The molecule has 5 heterocycles. The summed E-state index contributed by atoms with van der Waals surface area (Å²) in [7, 11) is 1.88. The van der Waals surface area contributed by atoms with Crippen LogP contribution in [0.4, 0.5) is 19.6 Å². The van der Waals surface area contributed by atoms with Crippen molar-refractivity contribution >= 4 is 60.7 Å². The monoisotopic (exact) mass is 691 g/mol. The summed E-state index contributed by atoms with van der Waals surface area (Å²) in [5.41, 5.74) is 6.26. The maximum atomic E-state index is 17.1. The van der Waals surface area contributed by atoms with Crippen molar-refractivity contribution in [1.82, 2.24) is 19.8 Å². The second kappa shape index (κ2) is 12.4. The average molecular weight is 692 g/mol. The standard InChI is InChI=1S/C35H36ClF2N7O2S/c1-4-24-25(10-15-45(24)26(46)5-2)43(3)33-20-16-22(36)28(19-8-9-23(37)31-27(19)21(17-39)32(40)48-31)29(38)30(20)41-34(42-33)47-18-35-11-6-13-44(35)14-7-12-35/h5,8-9,16,24-25H,2,4,6-7,10-15,18,40H2,1,3H3/t24-,25?/m1/s1. The van der Waals surface area contributed by atoms with Crippen LogP contribution in [0, 0.1) is 23.0 Å². The summed E-state index contributed by atoms with van der Waals surface area (Å²) >= 11 is 7.82. The third-order valence-corrected chi connectivity index (χ3v) is 11.9. The second-order valence-electron chi connectivity index (χ2n) is 12.9. The van der Waals surface area contributed by atoms with Crippen LogP contribution in [-0.2, 0) is 4.79 Å². The largest absolute Gasteiger partial charge is 0.461 e. The van der Waals surface area contributed by atoms with Gasteiger partial charge in [0.15, 0.2) is 5.82 Å². The maximum absolute atomic E-state index is 17.1. The lowest BCUT2D eigenvalue weighted by molar-refractivity contribution is -0.126. The molecular formula is C35H36ClF2N7O2S. The van der Waals surface area contributed by atoms with Gasteiger partial charge in [0, 0.05) is 29.9 Å². The third-order valence-electron chi connectivity index (χ3n) is 10.5. The predicted octanol–water partition coefficient (Wildman–Crippen LogP) is 6.91. The van der Waals surface area contributed by atoms with E-state index in [4.69, 9.17) is 27.1 Å². The Hall–Kier alpha value is -4.05. The predicted molar refractivity (Wildman–Crippen MR) is 185 cm³/mol. The molecule has 1 unspecified atom stereocenters. The van der Waals surface area contributed by atoms with Gasteiger partial charge in [0.2, 0.25) is 5.91 Å². The van der Waals surface area contributed by atoms with Gasteiger partial charge in [0.25, 0.3) is 0 Å². The number of fused-ring (bicyclic) bond motifs is 3. The number of nitrogens with two attached hydrogens (primary N) is 1. The molecule has 2 N–H and O–H groups in total. The average Bonchev–Trinajstić information content (AvgIpc) is 3.86. The highest BCUT2D eigenvalue weighted by molar-refractivity contribution is 7.23. The number of rotatable bonds is 8. The van der Waals surface area contributed by atoms with E-state index in [-0.39, 0.29) is 71.9 Å². The number of anilines is 2. The van der Waals surface area contributed by atoms with Crippen molar-refractivity contribution < 1.29 is 18.3 Å². The van der Waals surface area contributed by atoms with E-state index in [0.717, 1.165) is 50.1 Å². The van der Waals surface area contributed by atoms with E-state index in [1.807, 2.05) is 29.8 Å². The number of hydrogen-bond donors (Lipinski definition) is 1. The van der Waals surface area contributed by atoms with E-state index < -0.39 is 11.6 Å². The first-order valence-corrected chi connectivity index (χ1v) is 17.5. The van der Waals surface area contributed by atoms with E-state index >= 15 is 4.39 Å². The number of nitrogen functional groups attached to an aromatic ring is 1. The number of carbonyl (C=O) groups excluding carboxylic acids is 1. The van der Waals surface area contributed by atoms with Crippen LogP contribution < -0.4 is 15.4 Å². The number of nitrogens with zero attached hydrogens (tertiary/aromatic N) is 6. The summed E-state index contributed by atoms with van der Waals surface area (Å²) < 4.78 is 38.5. The van der Waals surface area contributed by atoms with Crippen molar-refractivity contribution in [2.75, 3.05) is 43.9 Å². The van der Waals surface area contributed by atoms with Gasteiger partial charge in [-0.15, -0.1) is 11.3 Å². The quantitative estimate of drug-likeness (QED) is 0.199. The van der Waals surface area contributed by atoms with Gasteiger partial charge >= 0.3 is 6.01 Å². The number of carbonyl (C=O) groups is 1. The Labute approximate surface area is 286 Å². The molecule has 3 saturated heterocycles. The number of ether oxygens (including phenoxy) is 1. The number of thiophene rings is 1. The molecule has 7 rings (SSSR count). The molecule has 0 bridgehead atoms. The van der Waals surface area contributed by atoms with Crippen molar-refractivity contribution in [1.29, 1.82) is 5.26 Å². The van der Waals surface area contributed by atoms with Crippen LogP contribution >= 0.6 is 22.9 Å². The Morgan fingerprint density at radius 2 is 2.04 bits per heavy atom. The number of hydrogen-bond acceptors (Lipinski definition) is 9. The summed E-state index contributed by atoms with van der Waals surface area (Å²) in [6.45, 7) is 8.68. The zero-order chi connectivity index (χ0) is 33.9. The summed E-state index contributed by atoms with van der Waals surface area (Å²) in [6, 6.07) is 6.07. The number of aromatic nitrogens is 2. The summed E-state index contributed by atoms with van der Waals surface area (Å²) in [5.74, 6) is -1.03. The van der Waals surface area contributed by atoms with Gasteiger partial charge in [-0.3, -0.25) is 9.69 Å². The molecule has 1 amide bonds. The Morgan fingerprint density at radius 3 is 2.73 bits per heavy atom. The van der Waals surface area contributed by atoms with Crippen molar-refractivity contribution in [3.8, 4) is 23.2 Å². The maximum Gasteiger partial charge on any atom is 0.319 e. The van der Waals surface area contributed by atoms with E-state index in [2.05, 4.69) is 16.5 Å². The normalized spacial score (nSPS) is 20.4. The number of likely N-dealkylation sites (tertiary alicyclic amines) is 1. The fraction of sp³-hybridized carbons (Fsp3) is 0.429. The van der Waals surface area contributed by atoms with Crippen LogP contribution in [0.15, 0.2) is 30.9 Å². The van der Waals surface area contributed by atoms with Crippen LogP contribution in [0.25, 0.3) is 32.1 Å². The number of amides is 1. The van der Waals surface area contributed by atoms with Gasteiger partial charge in [-0.25, -0.2) is 8.78 Å². The Balaban J connectivity index is 1.39. The first-order chi connectivity index (χ1) is 23.1. The van der Waals surface area contributed by atoms with Gasteiger partial charge < -0.3 is 20.3 Å². The van der Waals surface area contributed by atoms with Gasteiger partial charge in [0.1, 0.15) is 34.8 Å². The molecule has 0 radical (unpaired) electrons. The Morgan fingerprint density at radius 1 is 1.29 bits per heavy atom. The van der Waals surface area contributed by atoms with Crippen molar-refractivity contribution in [2.24, 2.45) is 0 Å². The second-order valence-corrected chi connectivity index (χ2v) is 14.4. The first kappa shape index (κ1) is 32.5. The van der Waals surface area contributed by atoms with Crippen molar-refractivity contribution in [3.63, 3.8) is 0 Å². The Bertz CT molecular complexity index is 2000. The lowest BCUT2D eigenvalue weighted by Crippen LogP contribution is -2.45. The van der Waals surface area contributed by atoms with Crippen LogP contribution in [-0.4, -0.2) is 76.6 Å². The molecule has 9 nitrogen and oxygen atoms in total. The number of likely N-dealkylation sites (N-methyl/N-ethyl adjacent to an activating group) is 1. The summed E-state index contributed by atoms with van der Waals surface area (Å²) in [5, 5.41) is 10.6. The highest BCUT2D eigenvalue weighted by atomic mass is 35.5. The zero-order valence-corrected chi connectivity index (χ0v) is 28.4. The molecular weight excluding hydrogens is 656 g/mol. The SMILES string of the molecule is C=CC(=O)N1CCC(N(C)c2nc(OCC34CCCN3CCC4)nc3c(F)c(-c4ccc(F)c5sc(N)c(C#N)c45)c(Cl)cc23)[C@H]1CC. The Kier molecular flexibility index (Phi) is 8.42. The molecule has 0 saturated carbocycles. The van der Waals surface area contributed by atoms with E-state index in [1.165, 1.54) is 18.2 Å². The fourth-order valence-corrected chi connectivity index (χ4v) is 9.48. The highest BCUT2D eigenvalue weighted by Gasteiger charge is 2.45. The number of benzene rings is 2. The molecule has 2 aromatic heterocycles. The topological polar surface area (TPSA) is 112 Å². The lowest BCUT2D eigenvalue weighted by atomic mass is 9.95. The van der Waals surface area contributed by atoms with Gasteiger partial charge in [0.05, 0.1) is 32.9 Å². The minimum atomic E-state index is -0.746. The molecule has 3 aliphatic rings. The lowest BCUT2D eigenvalue weighted by Gasteiger charge is -2.34. The molecule has 3 aliphatic heterocycles. The molecule has 0 spiro atoms.